The highest BCUT2D eigenvalue weighted by molar-refractivity contribution is 4.78. The van der Waals surface area contributed by atoms with Crippen LogP contribution in [0.2, 0.25) is 0 Å². The number of hydrogen-bond acceptors (Lipinski definition) is 9. The number of rotatable bonds is 60. The molecule has 0 bridgehead atoms. The fraction of sp³-hybridized carbons (Fsp3) is 1.00. The summed E-state index contributed by atoms with van der Waals surface area (Å²) in [7, 11) is 0. The molecule has 0 amide bonds. The molecule has 0 N–H and O–H groups in total. The SMILES string of the molecule is CCCCCCCCCCCCCCCCCC(CC1CO1)ON1CN(OC(CCCCCCCCCCCCCCCCC)CC2CO2)CN(OC(CCCCCCCCCCCCCCCCC)CC2CO2)C1. The Hall–Kier alpha value is -0.360. The first-order chi connectivity index (χ1) is 37.1. The van der Waals surface area contributed by atoms with Gasteiger partial charge in [-0.1, -0.05) is 310 Å². The molecule has 4 saturated heterocycles. The van der Waals surface area contributed by atoms with E-state index in [-0.39, 0.29) is 18.3 Å². The molecule has 0 aromatic carbocycles. The summed E-state index contributed by atoms with van der Waals surface area (Å²) in [6.07, 6.45) is 70.2. The van der Waals surface area contributed by atoms with Crippen LogP contribution in [0.15, 0.2) is 0 Å². The molecular formula is C66H129N3O6. The van der Waals surface area contributed by atoms with Gasteiger partial charge < -0.3 is 14.2 Å². The van der Waals surface area contributed by atoms with Crippen LogP contribution in [0.25, 0.3) is 0 Å². The van der Waals surface area contributed by atoms with E-state index >= 15 is 0 Å². The third-order valence-corrected chi connectivity index (χ3v) is 17.0. The molecule has 0 radical (unpaired) electrons. The number of hydroxylamine groups is 6. The lowest BCUT2D eigenvalue weighted by atomic mass is 10.0. The second kappa shape index (κ2) is 48.4. The van der Waals surface area contributed by atoms with Crippen molar-refractivity contribution in [2.75, 3.05) is 39.8 Å². The van der Waals surface area contributed by atoms with E-state index < -0.39 is 0 Å². The molecule has 6 atom stereocenters. The molecule has 0 aliphatic carbocycles. The zero-order valence-corrected chi connectivity index (χ0v) is 50.6. The maximum Gasteiger partial charge on any atom is 0.103 e. The van der Waals surface area contributed by atoms with Crippen LogP contribution < -0.4 is 0 Å². The quantitative estimate of drug-likeness (QED) is 0.0437. The summed E-state index contributed by atoms with van der Waals surface area (Å²) in [6.45, 7) is 11.4. The molecule has 0 saturated carbocycles. The van der Waals surface area contributed by atoms with Gasteiger partial charge in [-0.15, -0.1) is 0 Å². The average Bonchev–Trinajstić information content (AvgIpc) is 4.26. The van der Waals surface area contributed by atoms with Gasteiger partial charge in [0, 0.05) is 19.3 Å². The van der Waals surface area contributed by atoms with Crippen LogP contribution in [0.1, 0.15) is 348 Å². The predicted molar refractivity (Wildman–Crippen MR) is 316 cm³/mol. The Morgan fingerprint density at radius 3 is 0.587 bits per heavy atom. The molecule has 4 rings (SSSR count). The van der Waals surface area contributed by atoms with Crippen molar-refractivity contribution in [1.82, 2.24) is 15.2 Å². The zero-order chi connectivity index (χ0) is 52.7. The fourth-order valence-corrected chi connectivity index (χ4v) is 11.9. The van der Waals surface area contributed by atoms with Gasteiger partial charge in [0.25, 0.3) is 0 Å². The Kier molecular flexibility index (Phi) is 43.3. The van der Waals surface area contributed by atoms with Crippen molar-refractivity contribution in [2.45, 2.75) is 385 Å². The minimum absolute atomic E-state index is 0.147. The van der Waals surface area contributed by atoms with Crippen LogP contribution in [-0.4, -0.2) is 91.6 Å². The molecule has 75 heavy (non-hydrogen) atoms. The molecule has 0 aromatic rings. The van der Waals surface area contributed by atoms with Gasteiger partial charge in [-0.05, 0) is 19.3 Å². The van der Waals surface area contributed by atoms with Crippen LogP contribution >= 0.6 is 0 Å². The van der Waals surface area contributed by atoms with E-state index in [1.807, 2.05) is 0 Å². The lowest BCUT2D eigenvalue weighted by Crippen LogP contribution is -2.56. The van der Waals surface area contributed by atoms with E-state index in [1.165, 1.54) is 289 Å². The largest absolute Gasteiger partial charge is 0.373 e. The summed E-state index contributed by atoms with van der Waals surface area (Å²) >= 11 is 0. The van der Waals surface area contributed by atoms with E-state index in [2.05, 4.69) is 36.0 Å². The van der Waals surface area contributed by atoms with Crippen molar-refractivity contribution in [3.63, 3.8) is 0 Å². The molecule has 0 aromatic heterocycles. The normalized spacial score (nSPS) is 20.3. The molecule has 4 heterocycles. The topological polar surface area (TPSA) is 75.0 Å². The number of hydrogen-bond donors (Lipinski definition) is 0. The summed E-state index contributed by atoms with van der Waals surface area (Å²) in [5, 5.41) is 6.45. The molecule has 4 aliphatic rings. The highest BCUT2D eigenvalue weighted by Crippen LogP contribution is 2.29. The first-order valence-corrected chi connectivity index (χ1v) is 34.2. The van der Waals surface area contributed by atoms with Crippen LogP contribution in [0.4, 0.5) is 0 Å². The standard InChI is InChI=1S/C66H129N3O6/c1-4-7-10-13-16-19-22-25-28-31-34-37-40-43-46-49-61(52-64-55-70-64)73-67-58-68(74-62(53-65-56-71-65)50-47-44-41-38-35-32-29-26-23-20-17-14-11-8-5-2)60-69(59-67)75-63(54-66-57-72-66)51-48-45-42-39-36-33-30-27-24-21-18-15-12-9-6-3/h61-66H,4-60H2,1-3H3. The second-order valence-electron chi connectivity index (χ2n) is 24.8. The highest BCUT2D eigenvalue weighted by Gasteiger charge is 2.36. The number of unbranched alkanes of at least 4 members (excludes halogenated alkanes) is 42. The number of epoxide rings is 3. The van der Waals surface area contributed by atoms with Crippen molar-refractivity contribution in [3.8, 4) is 0 Å². The van der Waals surface area contributed by atoms with Gasteiger partial charge in [-0.25, -0.2) is 0 Å². The Morgan fingerprint density at radius 1 is 0.267 bits per heavy atom. The van der Waals surface area contributed by atoms with E-state index in [0.29, 0.717) is 38.3 Å². The van der Waals surface area contributed by atoms with Crippen molar-refractivity contribution in [2.24, 2.45) is 0 Å². The van der Waals surface area contributed by atoms with Gasteiger partial charge in [-0.3, -0.25) is 14.5 Å². The first-order valence-electron chi connectivity index (χ1n) is 34.2. The fourth-order valence-electron chi connectivity index (χ4n) is 11.9. The Labute approximate surface area is 466 Å². The maximum atomic E-state index is 7.01. The Bertz CT molecular complexity index is 1060. The molecule has 9 heteroatoms. The Morgan fingerprint density at radius 2 is 0.427 bits per heavy atom. The summed E-state index contributed by atoms with van der Waals surface area (Å²) in [4.78, 5) is 21.0. The van der Waals surface area contributed by atoms with Crippen molar-refractivity contribution in [3.05, 3.63) is 0 Å². The summed E-state index contributed by atoms with van der Waals surface area (Å²) in [5.74, 6) is 0. The van der Waals surface area contributed by atoms with E-state index in [0.717, 1.165) is 58.3 Å². The van der Waals surface area contributed by atoms with Crippen LogP contribution in [-0.2, 0) is 28.7 Å². The van der Waals surface area contributed by atoms with Crippen molar-refractivity contribution < 1.29 is 28.7 Å². The molecule has 444 valence electrons. The summed E-state index contributed by atoms with van der Waals surface area (Å²) in [6, 6.07) is 0. The summed E-state index contributed by atoms with van der Waals surface area (Å²) in [5.41, 5.74) is 0. The van der Waals surface area contributed by atoms with Crippen molar-refractivity contribution >= 4 is 0 Å². The van der Waals surface area contributed by atoms with Crippen LogP contribution in [0.5, 0.6) is 0 Å². The van der Waals surface area contributed by atoms with Gasteiger partial charge in [0.15, 0.2) is 0 Å². The van der Waals surface area contributed by atoms with Gasteiger partial charge >= 0.3 is 0 Å². The second-order valence-corrected chi connectivity index (χ2v) is 24.8. The van der Waals surface area contributed by atoms with Gasteiger partial charge in [0.05, 0.1) is 56.4 Å². The minimum atomic E-state index is 0.147. The minimum Gasteiger partial charge on any atom is -0.373 e. The molecule has 0 spiro atoms. The Balaban J connectivity index is 1.20. The van der Waals surface area contributed by atoms with E-state index in [4.69, 9.17) is 28.7 Å². The highest BCUT2D eigenvalue weighted by atomic mass is 16.8. The first kappa shape index (κ1) is 67.1. The van der Waals surface area contributed by atoms with Gasteiger partial charge in [0.2, 0.25) is 0 Å². The molecule has 4 fully saturated rings. The van der Waals surface area contributed by atoms with Crippen molar-refractivity contribution in [1.29, 1.82) is 0 Å². The third kappa shape index (κ3) is 41.3. The molecule has 4 aliphatic heterocycles. The lowest BCUT2D eigenvalue weighted by molar-refractivity contribution is -0.389. The smallest absolute Gasteiger partial charge is 0.103 e. The maximum absolute atomic E-state index is 7.01. The zero-order valence-electron chi connectivity index (χ0n) is 50.6. The van der Waals surface area contributed by atoms with E-state index in [9.17, 15) is 0 Å². The molecular weight excluding hydrogens is 931 g/mol. The number of ether oxygens (including phenoxy) is 3. The van der Waals surface area contributed by atoms with Crippen LogP contribution in [0.3, 0.4) is 0 Å². The van der Waals surface area contributed by atoms with Crippen LogP contribution in [0, 0.1) is 0 Å². The monoisotopic (exact) mass is 1060 g/mol. The lowest BCUT2D eigenvalue weighted by Gasteiger charge is -2.43. The summed E-state index contributed by atoms with van der Waals surface area (Å²) < 4.78 is 17.4. The number of nitrogens with zero attached hydrogens (tertiary/aromatic N) is 3. The van der Waals surface area contributed by atoms with E-state index in [1.54, 1.807) is 0 Å². The predicted octanol–water partition coefficient (Wildman–Crippen LogP) is 19.8. The molecule has 6 unspecified atom stereocenters. The third-order valence-electron chi connectivity index (χ3n) is 17.0. The average molecular weight is 1060 g/mol. The molecule has 9 nitrogen and oxygen atoms in total. The van der Waals surface area contributed by atoms with Gasteiger partial charge in [-0.2, -0.15) is 15.2 Å². The van der Waals surface area contributed by atoms with Gasteiger partial charge in [0.1, 0.15) is 20.0 Å².